The van der Waals surface area contributed by atoms with Crippen molar-refractivity contribution >= 4 is 52.0 Å². The van der Waals surface area contributed by atoms with E-state index >= 15 is 0 Å². The molecule has 0 amide bonds. The van der Waals surface area contributed by atoms with E-state index in [4.69, 9.17) is 35.4 Å². The molecule has 0 bridgehead atoms. The number of aryl methyl sites for hydroxylation is 1. The molecule has 7 heteroatoms. The minimum absolute atomic E-state index is 0.433. The second kappa shape index (κ2) is 7.87. The SMILES string of the molecule is Cc1cc(NC(=S)Nc2ccc(Cl)c(Cl)c2)nn1Cc1ccccc1. The van der Waals surface area contributed by atoms with Crippen molar-refractivity contribution < 1.29 is 0 Å². The third-order valence-corrected chi connectivity index (χ3v) is 4.52. The summed E-state index contributed by atoms with van der Waals surface area (Å²) in [5.41, 5.74) is 2.99. The smallest absolute Gasteiger partial charge is 0.176 e. The van der Waals surface area contributed by atoms with E-state index in [1.165, 1.54) is 5.56 Å². The van der Waals surface area contributed by atoms with Crippen LogP contribution in [0.2, 0.25) is 10.0 Å². The summed E-state index contributed by atoms with van der Waals surface area (Å²) >= 11 is 17.2. The lowest BCUT2D eigenvalue weighted by Gasteiger charge is -2.09. The molecule has 0 fully saturated rings. The normalized spacial score (nSPS) is 10.5. The molecule has 0 saturated heterocycles. The Morgan fingerprint density at radius 2 is 1.80 bits per heavy atom. The fraction of sp³-hybridized carbons (Fsp3) is 0.111. The summed E-state index contributed by atoms with van der Waals surface area (Å²) in [7, 11) is 0. The lowest BCUT2D eigenvalue weighted by molar-refractivity contribution is 0.668. The number of aromatic nitrogens is 2. The lowest BCUT2D eigenvalue weighted by atomic mass is 10.2. The Morgan fingerprint density at radius 3 is 2.52 bits per heavy atom. The number of rotatable bonds is 4. The molecular formula is C18H16Cl2N4S. The molecule has 2 N–H and O–H groups in total. The molecule has 0 spiro atoms. The van der Waals surface area contributed by atoms with Gasteiger partial charge in [-0.3, -0.25) is 4.68 Å². The van der Waals surface area contributed by atoms with Crippen LogP contribution in [0.3, 0.4) is 0 Å². The van der Waals surface area contributed by atoms with Gasteiger partial charge in [0.25, 0.3) is 0 Å². The van der Waals surface area contributed by atoms with Crippen LogP contribution in [0, 0.1) is 6.92 Å². The molecule has 0 aliphatic rings. The molecule has 0 saturated carbocycles. The monoisotopic (exact) mass is 390 g/mol. The maximum absolute atomic E-state index is 6.01. The van der Waals surface area contributed by atoms with Crippen molar-refractivity contribution in [1.82, 2.24) is 9.78 Å². The van der Waals surface area contributed by atoms with Crippen molar-refractivity contribution in [3.63, 3.8) is 0 Å². The quantitative estimate of drug-likeness (QED) is 0.588. The number of thiocarbonyl (C=S) groups is 1. The van der Waals surface area contributed by atoms with Crippen LogP contribution >= 0.6 is 35.4 Å². The maximum Gasteiger partial charge on any atom is 0.176 e. The summed E-state index contributed by atoms with van der Waals surface area (Å²) in [4.78, 5) is 0. The van der Waals surface area contributed by atoms with Crippen LogP contribution in [0.4, 0.5) is 11.5 Å². The third-order valence-electron chi connectivity index (χ3n) is 3.58. The van der Waals surface area contributed by atoms with E-state index in [9.17, 15) is 0 Å². The van der Waals surface area contributed by atoms with Crippen molar-refractivity contribution in [3.8, 4) is 0 Å². The minimum atomic E-state index is 0.433. The molecule has 0 atom stereocenters. The Kier molecular flexibility index (Phi) is 5.58. The van der Waals surface area contributed by atoms with E-state index in [0.717, 1.165) is 11.4 Å². The predicted octanol–water partition coefficient (Wildman–Crippen LogP) is 5.36. The number of hydrogen-bond acceptors (Lipinski definition) is 2. The largest absolute Gasteiger partial charge is 0.332 e. The van der Waals surface area contributed by atoms with Gasteiger partial charge in [0.2, 0.25) is 0 Å². The molecule has 4 nitrogen and oxygen atoms in total. The second-order valence-electron chi connectivity index (χ2n) is 5.52. The molecule has 0 aliphatic carbocycles. The molecular weight excluding hydrogens is 375 g/mol. The van der Waals surface area contributed by atoms with Crippen LogP contribution in [-0.4, -0.2) is 14.9 Å². The summed E-state index contributed by atoms with van der Waals surface area (Å²) in [5.74, 6) is 0.686. The van der Waals surface area contributed by atoms with Crippen LogP contribution in [0.1, 0.15) is 11.3 Å². The highest BCUT2D eigenvalue weighted by molar-refractivity contribution is 7.80. The van der Waals surface area contributed by atoms with Crippen molar-refractivity contribution in [1.29, 1.82) is 0 Å². The first-order valence-corrected chi connectivity index (χ1v) is 8.79. The van der Waals surface area contributed by atoms with E-state index in [0.29, 0.717) is 27.5 Å². The Labute approximate surface area is 161 Å². The summed E-state index contributed by atoms with van der Waals surface area (Å²) < 4.78 is 1.93. The molecule has 1 heterocycles. The molecule has 128 valence electrons. The highest BCUT2D eigenvalue weighted by Gasteiger charge is 2.07. The zero-order chi connectivity index (χ0) is 17.8. The molecule has 0 aliphatic heterocycles. The minimum Gasteiger partial charge on any atom is -0.332 e. The predicted molar refractivity (Wildman–Crippen MR) is 109 cm³/mol. The molecule has 0 radical (unpaired) electrons. The average molecular weight is 391 g/mol. The first-order chi connectivity index (χ1) is 12.0. The van der Waals surface area contributed by atoms with Crippen LogP contribution in [-0.2, 0) is 6.54 Å². The van der Waals surface area contributed by atoms with E-state index in [1.54, 1.807) is 18.2 Å². The zero-order valence-electron chi connectivity index (χ0n) is 13.5. The Hall–Kier alpha value is -2.08. The summed E-state index contributed by atoms with van der Waals surface area (Å²) in [6, 6.07) is 17.4. The van der Waals surface area contributed by atoms with Gasteiger partial charge < -0.3 is 10.6 Å². The van der Waals surface area contributed by atoms with Crippen molar-refractivity contribution in [2.75, 3.05) is 10.6 Å². The summed E-state index contributed by atoms with van der Waals surface area (Å²) in [6.45, 7) is 2.72. The summed E-state index contributed by atoms with van der Waals surface area (Å²) in [6.07, 6.45) is 0. The molecule has 1 aromatic heterocycles. The number of halogens is 2. The second-order valence-corrected chi connectivity index (χ2v) is 6.74. The fourth-order valence-electron chi connectivity index (χ4n) is 2.34. The fourth-order valence-corrected chi connectivity index (χ4v) is 2.86. The summed E-state index contributed by atoms with van der Waals surface area (Å²) in [5, 5.41) is 12.1. The van der Waals surface area contributed by atoms with E-state index in [2.05, 4.69) is 27.9 Å². The Morgan fingerprint density at radius 1 is 1.04 bits per heavy atom. The molecule has 3 aromatic rings. The van der Waals surface area contributed by atoms with Crippen molar-refractivity contribution in [3.05, 3.63) is 75.9 Å². The van der Waals surface area contributed by atoms with Crippen molar-refractivity contribution in [2.24, 2.45) is 0 Å². The van der Waals surface area contributed by atoms with Gasteiger partial charge >= 0.3 is 0 Å². The van der Waals surface area contributed by atoms with Crippen LogP contribution in [0.5, 0.6) is 0 Å². The highest BCUT2D eigenvalue weighted by Crippen LogP contribution is 2.25. The van der Waals surface area contributed by atoms with Gasteiger partial charge in [0, 0.05) is 17.4 Å². The Balaban J connectivity index is 1.65. The molecule has 0 unspecified atom stereocenters. The average Bonchev–Trinajstić information content (AvgIpc) is 2.91. The lowest BCUT2D eigenvalue weighted by Crippen LogP contribution is -2.19. The zero-order valence-corrected chi connectivity index (χ0v) is 15.8. The van der Waals surface area contributed by atoms with E-state index in [-0.39, 0.29) is 0 Å². The number of anilines is 2. The number of benzene rings is 2. The number of nitrogens with zero attached hydrogens (tertiary/aromatic N) is 2. The molecule has 3 rings (SSSR count). The third kappa shape index (κ3) is 4.72. The highest BCUT2D eigenvalue weighted by atomic mass is 35.5. The van der Waals surface area contributed by atoms with Gasteiger partial charge in [0.15, 0.2) is 10.9 Å². The van der Waals surface area contributed by atoms with Crippen LogP contribution < -0.4 is 10.6 Å². The topological polar surface area (TPSA) is 41.9 Å². The first kappa shape index (κ1) is 17.7. The van der Waals surface area contributed by atoms with Gasteiger partial charge in [0.05, 0.1) is 16.6 Å². The Bertz CT molecular complexity index is 893. The standard InChI is InChI=1S/C18H16Cl2N4S/c1-12-9-17(23-24(12)11-13-5-3-2-4-6-13)22-18(25)21-14-7-8-15(19)16(20)10-14/h2-10H,11H2,1H3,(H2,21,22,23,25). The molecule has 25 heavy (non-hydrogen) atoms. The number of nitrogens with one attached hydrogen (secondary N) is 2. The van der Waals surface area contributed by atoms with Crippen LogP contribution in [0.25, 0.3) is 0 Å². The van der Waals surface area contributed by atoms with E-state index in [1.807, 2.05) is 35.9 Å². The molecule has 2 aromatic carbocycles. The van der Waals surface area contributed by atoms with Crippen LogP contribution in [0.15, 0.2) is 54.6 Å². The number of hydrogen-bond donors (Lipinski definition) is 2. The van der Waals surface area contributed by atoms with Gasteiger partial charge in [-0.25, -0.2) is 0 Å². The van der Waals surface area contributed by atoms with Gasteiger partial charge in [-0.15, -0.1) is 0 Å². The van der Waals surface area contributed by atoms with Gasteiger partial charge in [0.1, 0.15) is 0 Å². The van der Waals surface area contributed by atoms with E-state index < -0.39 is 0 Å². The van der Waals surface area contributed by atoms with Gasteiger partial charge in [-0.2, -0.15) is 5.10 Å². The maximum atomic E-state index is 6.01. The first-order valence-electron chi connectivity index (χ1n) is 7.63. The van der Waals surface area contributed by atoms with Gasteiger partial charge in [-0.05, 0) is 42.9 Å². The van der Waals surface area contributed by atoms with Crippen molar-refractivity contribution in [2.45, 2.75) is 13.5 Å². The van der Waals surface area contributed by atoms with Gasteiger partial charge in [-0.1, -0.05) is 53.5 Å².